The van der Waals surface area contributed by atoms with Gasteiger partial charge >= 0.3 is 5.97 Å². The maximum atomic E-state index is 11.3. The van der Waals surface area contributed by atoms with Gasteiger partial charge in [-0.1, -0.05) is 132 Å². The summed E-state index contributed by atoms with van der Waals surface area (Å²) in [5.41, 5.74) is 0. The molecule has 2 atom stereocenters. The van der Waals surface area contributed by atoms with Crippen LogP contribution in [0, 0.1) is 0 Å². The minimum atomic E-state index is -1.94. The molecule has 0 aromatic carbocycles. The molecular weight excluding hydrogens is 579 g/mol. The highest BCUT2D eigenvalue weighted by atomic mass is 28.4. The van der Waals surface area contributed by atoms with E-state index in [4.69, 9.17) is 8.85 Å². The molecule has 0 spiro atoms. The van der Waals surface area contributed by atoms with Gasteiger partial charge in [-0.15, -0.1) is 0 Å². The van der Waals surface area contributed by atoms with Crippen molar-refractivity contribution in [2.45, 2.75) is 213 Å². The first kappa shape index (κ1) is 43.8. The molecule has 0 fully saturated rings. The molecule has 0 aromatic rings. The summed E-state index contributed by atoms with van der Waals surface area (Å²) in [4.78, 5) is 13.9. The molecule has 0 aliphatic rings. The van der Waals surface area contributed by atoms with Crippen molar-refractivity contribution in [1.82, 2.24) is 4.90 Å². The van der Waals surface area contributed by atoms with E-state index in [1.165, 1.54) is 77.0 Å². The number of carboxylic acids is 1. The molecule has 44 heavy (non-hydrogen) atoms. The zero-order chi connectivity index (χ0) is 33.9. The van der Waals surface area contributed by atoms with Crippen LogP contribution in [0.3, 0.4) is 0 Å². The summed E-state index contributed by atoms with van der Waals surface area (Å²) in [5.74, 6) is -0.694. The van der Waals surface area contributed by atoms with E-state index in [-0.39, 0.29) is 28.7 Å². The predicted octanol–water partition coefficient (Wildman–Crippen LogP) is 11.8. The topological polar surface area (TPSA) is 59.0 Å². The molecule has 0 aromatic heterocycles. The average molecular weight is 658 g/mol. The van der Waals surface area contributed by atoms with Gasteiger partial charge in [0.05, 0.1) is 12.2 Å². The van der Waals surface area contributed by atoms with Gasteiger partial charge in [-0.3, -0.25) is 9.69 Å². The highest BCUT2D eigenvalue weighted by molar-refractivity contribution is 6.74. The zero-order valence-electron chi connectivity index (χ0n) is 31.9. The number of rotatable bonds is 27. The molecule has 0 saturated heterocycles. The van der Waals surface area contributed by atoms with Gasteiger partial charge in [0, 0.05) is 19.5 Å². The second kappa shape index (κ2) is 22.4. The standard InChI is InChI=1S/C37H79NO4Si2/c1-13-15-17-19-21-23-27-33(41-43(9,10)36(3,4)5)31-38(30-26-25-29-35(39)40)32-34(28-24-22-20-18-16-14-2)42-44(11,12)37(6,7)8/h33-34H,13-32H2,1-12H3,(H,39,40). The van der Waals surface area contributed by atoms with Gasteiger partial charge in [0.2, 0.25) is 0 Å². The molecule has 0 radical (unpaired) electrons. The van der Waals surface area contributed by atoms with Crippen molar-refractivity contribution >= 4 is 22.6 Å². The molecule has 2 unspecified atom stereocenters. The molecule has 1 N–H and O–H groups in total. The third-order valence-electron chi connectivity index (χ3n) is 10.3. The summed E-state index contributed by atoms with van der Waals surface area (Å²) >= 11 is 0. The van der Waals surface area contributed by atoms with E-state index in [9.17, 15) is 9.90 Å². The minimum Gasteiger partial charge on any atom is -0.481 e. The predicted molar refractivity (Wildman–Crippen MR) is 198 cm³/mol. The van der Waals surface area contributed by atoms with Crippen LogP contribution in [-0.2, 0) is 13.6 Å². The Bertz CT molecular complexity index is 680. The van der Waals surface area contributed by atoms with Crippen LogP contribution in [-0.4, -0.2) is 64.5 Å². The fraction of sp³-hybridized carbons (Fsp3) is 0.973. The average Bonchev–Trinajstić information content (AvgIpc) is 2.88. The Balaban J connectivity index is 5.94. The molecule has 0 amide bonds. The Kier molecular flexibility index (Phi) is 22.3. The summed E-state index contributed by atoms with van der Waals surface area (Å²) in [6.07, 6.45) is 20.1. The van der Waals surface area contributed by atoms with Crippen LogP contribution >= 0.6 is 0 Å². The zero-order valence-corrected chi connectivity index (χ0v) is 33.9. The highest BCUT2D eigenvalue weighted by Crippen LogP contribution is 2.39. The van der Waals surface area contributed by atoms with Crippen LogP contribution in [0.4, 0.5) is 0 Å². The molecule has 0 aliphatic carbocycles. The van der Waals surface area contributed by atoms with E-state index in [0.29, 0.717) is 0 Å². The summed E-state index contributed by atoms with van der Waals surface area (Å²) in [6, 6.07) is 0. The quantitative estimate of drug-likeness (QED) is 0.0703. The van der Waals surface area contributed by atoms with Gasteiger partial charge in [-0.2, -0.15) is 0 Å². The first-order valence-electron chi connectivity index (χ1n) is 18.7. The highest BCUT2D eigenvalue weighted by Gasteiger charge is 2.41. The SMILES string of the molecule is CCCCCCCCC(CN(CCCCC(=O)O)CC(CCCCCCCC)O[Si](C)(C)C(C)(C)C)O[Si](C)(C)C(C)(C)C. The number of hydrogen-bond donors (Lipinski definition) is 1. The minimum absolute atomic E-state index is 0.171. The lowest BCUT2D eigenvalue weighted by Crippen LogP contribution is -2.50. The van der Waals surface area contributed by atoms with Crippen molar-refractivity contribution in [3.63, 3.8) is 0 Å². The van der Waals surface area contributed by atoms with Crippen molar-refractivity contribution < 1.29 is 18.8 Å². The van der Waals surface area contributed by atoms with Crippen LogP contribution in [0.1, 0.15) is 165 Å². The van der Waals surface area contributed by atoms with E-state index in [0.717, 1.165) is 45.3 Å². The first-order valence-corrected chi connectivity index (χ1v) is 24.5. The monoisotopic (exact) mass is 658 g/mol. The number of nitrogens with zero attached hydrogens (tertiary/aromatic N) is 1. The van der Waals surface area contributed by atoms with E-state index in [1.54, 1.807) is 0 Å². The number of carbonyl (C=O) groups is 1. The molecular formula is C37H79NO4Si2. The van der Waals surface area contributed by atoms with Gasteiger partial charge < -0.3 is 14.0 Å². The third kappa shape index (κ3) is 20.1. The van der Waals surface area contributed by atoms with Crippen molar-refractivity contribution in [3.05, 3.63) is 0 Å². The van der Waals surface area contributed by atoms with Gasteiger partial charge in [0.25, 0.3) is 0 Å². The summed E-state index contributed by atoms with van der Waals surface area (Å²) in [6.45, 7) is 30.9. The number of hydrogen-bond acceptors (Lipinski definition) is 4. The van der Waals surface area contributed by atoms with Crippen molar-refractivity contribution in [3.8, 4) is 0 Å². The van der Waals surface area contributed by atoms with Crippen LogP contribution in [0.25, 0.3) is 0 Å². The summed E-state index contributed by atoms with van der Waals surface area (Å²) in [5, 5.41) is 9.62. The molecule has 264 valence electrons. The molecule has 0 bridgehead atoms. The Labute approximate surface area is 278 Å². The normalized spacial score (nSPS) is 14.8. The van der Waals surface area contributed by atoms with E-state index < -0.39 is 22.6 Å². The first-order chi connectivity index (χ1) is 20.4. The van der Waals surface area contributed by atoms with Gasteiger partial charge in [0.1, 0.15) is 0 Å². The molecule has 0 rings (SSSR count). The van der Waals surface area contributed by atoms with Gasteiger partial charge in [0.15, 0.2) is 16.6 Å². The number of carboxylic acid groups (broad SMARTS) is 1. The van der Waals surface area contributed by atoms with Crippen molar-refractivity contribution in [2.24, 2.45) is 0 Å². The second-order valence-electron chi connectivity index (χ2n) is 16.7. The Morgan fingerprint density at radius 1 is 0.614 bits per heavy atom. The molecule has 0 heterocycles. The lowest BCUT2D eigenvalue weighted by molar-refractivity contribution is -0.137. The van der Waals surface area contributed by atoms with Crippen LogP contribution in [0.5, 0.6) is 0 Å². The van der Waals surface area contributed by atoms with E-state index >= 15 is 0 Å². The molecule has 7 heteroatoms. The van der Waals surface area contributed by atoms with Crippen molar-refractivity contribution in [2.75, 3.05) is 19.6 Å². The summed E-state index contributed by atoms with van der Waals surface area (Å²) in [7, 11) is -3.88. The van der Waals surface area contributed by atoms with Gasteiger partial charge in [-0.05, 0) is 68.5 Å². The van der Waals surface area contributed by atoms with Crippen LogP contribution in [0.2, 0.25) is 36.3 Å². The fourth-order valence-corrected chi connectivity index (χ4v) is 8.07. The van der Waals surface area contributed by atoms with E-state index in [2.05, 4.69) is 86.5 Å². The van der Waals surface area contributed by atoms with Gasteiger partial charge in [-0.25, -0.2) is 0 Å². The summed E-state index contributed by atoms with van der Waals surface area (Å²) < 4.78 is 14.3. The lowest BCUT2D eigenvalue weighted by Gasteiger charge is -2.42. The number of unbranched alkanes of at least 4 members (excludes halogenated alkanes) is 11. The largest absolute Gasteiger partial charge is 0.481 e. The molecule has 0 saturated carbocycles. The molecule has 0 aliphatic heterocycles. The maximum absolute atomic E-state index is 11.3. The van der Waals surface area contributed by atoms with Crippen LogP contribution < -0.4 is 0 Å². The number of aliphatic carboxylic acids is 1. The molecule has 5 nitrogen and oxygen atoms in total. The third-order valence-corrected chi connectivity index (χ3v) is 19.4. The smallest absolute Gasteiger partial charge is 0.303 e. The Morgan fingerprint density at radius 3 is 1.32 bits per heavy atom. The fourth-order valence-electron chi connectivity index (χ4n) is 5.31. The Hall–Kier alpha value is -0.216. The van der Waals surface area contributed by atoms with Crippen molar-refractivity contribution in [1.29, 1.82) is 0 Å². The second-order valence-corrected chi connectivity index (χ2v) is 26.2. The van der Waals surface area contributed by atoms with Crippen LogP contribution in [0.15, 0.2) is 0 Å². The van der Waals surface area contributed by atoms with E-state index in [1.807, 2.05) is 0 Å². The Morgan fingerprint density at radius 2 is 0.977 bits per heavy atom. The lowest BCUT2D eigenvalue weighted by atomic mass is 10.1. The maximum Gasteiger partial charge on any atom is 0.303 e.